The summed E-state index contributed by atoms with van der Waals surface area (Å²) in [5.74, 6) is -0.382. The average molecular weight is 274 g/mol. The van der Waals surface area contributed by atoms with Crippen LogP contribution in [0.15, 0.2) is 18.2 Å². The molecule has 1 aliphatic carbocycles. The van der Waals surface area contributed by atoms with Gasteiger partial charge in [0.2, 0.25) is 0 Å². The van der Waals surface area contributed by atoms with Crippen LogP contribution in [0.4, 0.5) is 8.78 Å². The first kappa shape index (κ1) is 13.8. The van der Waals surface area contributed by atoms with Gasteiger partial charge in [-0.25, -0.2) is 8.78 Å². The van der Waals surface area contributed by atoms with Crippen LogP contribution < -0.4 is 0 Å². The Hall–Kier alpha value is -0.670. The fourth-order valence-corrected chi connectivity index (χ4v) is 2.46. The van der Waals surface area contributed by atoms with Gasteiger partial charge in [-0.15, -0.1) is 11.6 Å². The zero-order chi connectivity index (χ0) is 13.0. The van der Waals surface area contributed by atoms with E-state index in [1.807, 2.05) is 0 Å². The first-order chi connectivity index (χ1) is 8.69. The molecule has 0 spiro atoms. The Morgan fingerprint density at radius 1 is 1.17 bits per heavy atom. The minimum Gasteiger partial charge on any atom is -0.296 e. The van der Waals surface area contributed by atoms with Crippen LogP contribution in [0.2, 0.25) is 0 Å². The smallest absolute Gasteiger partial charge is 0.126 e. The Balaban J connectivity index is 2.02. The number of halogens is 3. The molecule has 0 aromatic heterocycles. The average Bonchev–Trinajstić information content (AvgIpc) is 2.21. The lowest BCUT2D eigenvalue weighted by Gasteiger charge is -2.37. The van der Waals surface area contributed by atoms with Gasteiger partial charge in [0, 0.05) is 24.5 Å². The first-order valence-electron chi connectivity index (χ1n) is 6.44. The van der Waals surface area contributed by atoms with E-state index in [2.05, 4.69) is 4.90 Å². The van der Waals surface area contributed by atoms with E-state index in [0.29, 0.717) is 24.0 Å². The summed E-state index contributed by atoms with van der Waals surface area (Å²) >= 11 is 5.72. The largest absolute Gasteiger partial charge is 0.296 e. The lowest BCUT2D eigenvalue weighted by Crippen LogP contribution is -2.40. The van der Waals surface area contributed by atoms with Crippen molar-refractivity contribution >= 4 is 11.6 Å². The number of hydrogen-bond donors (Lipinski definition) is 0. The van der Waals surface area contributed by atoms with Crippen molar-refractivity contribution in [2.45, 2.75) is 38.3 Å². The zero-order valence-corrected chi connectivity index (χ0v) is 11.1. The zero-order valence-electron chi connectivity index (χ0n) is 10.3. The number of hydrogen-bond acceptors (Lipinski definition) is 1. The Labute approximate surface area is 112 Å². The molecular weight excluding hydrogens is 256 g/mol. The number of rotatable bonds is 6. The summed E-state index contributed by atoms with van der Waals surface area (Å²) in [6, 6.07) is 4.29. The molecule has 18 heavy (non-hydrogen) atoms. The summed E-state index contributed by atoms with van der Waals surface area (Å²) in [6.45, 7) is 1.50. The van der Waals surface area contributed by atoms with Gasteiger partial charge in [0.1, 0.15) is 11.6 Å². The molecule has 0 aliphatic heterocycles. The predicted octanol–water partition coefficient (Wildman–Crippen LogP) is 3.95. The predicted molar refractivity (Wildman–Crippen MR) is 69.7 cm³/mol. The molecule has 1 fully saturated rings. The third-order valence-electron chi connectivity index (χ3n) is 3.48. The molecule has 0 unspecified atom stereocenters. The van der Waals surface area contributed by atoms with E-state index in [1.165, 1.54) is 31.4 Å². The molecule has 0 radical (unpaired) electrons. The Kier molecular flexibility index (Phi) is 4.95. The molecule has 0 atom stereocenters. The summed E-state index contributed by atoms with van der Waals surface area (Å²) in [5.41, 5.74) is 0.703. The number of nitrogens with zero attached hydrogens (tertiary/aromatic N) is 1. The second-order valence-electron chi connectivity index (χ2n) is 4.88. The molecule has 0 bridgehead atoms. The summed E-state index contributed by atoms with van der Waals surface area (Å²) in [7, 11) is 0. The van der Waals surface area contributed by atoms with Gasteiger partial charge in [0.15, 0.2) is 0 Å². The van der Waals surface area contributed by atoms with E-state index in [1.54, 1.807) is 0 Å². The molecule has 1 aromatic rings. The van der Waals surface area contributed by atoms with Crippen molar-refractivity contribution in [3.8, 4) is 0 Å². The normalized spacial score (nSPS) is 16.0. The monoisotopic (exact) mass is 273 g/mol. The van der Waals surface area contributed by atoms with Crippen LogP contribution >= 0.6 is 11.6 Å². The van der Waals surface area contributed by atoms with Gasteiger partial charge in [-0.1, -0.05) is 6.42 Å². The maximum absolute atomic E-state index is 13.1. The fourth-order valence-electron chi connectivity index (χ4n) is 2.34. The molecule has 0 saturated heterocycles. The van der Waals surface area contributed by atoms with Crippen LogP contribution in [-0.2, 0) is 6.54 Å². The quantitative estimate of drug-likeness (QED) is 0.710. The summed E-state index contributed by atoms with van der Waals surface area (Å²) in [5, 5.41) is 0. The SMILES string of the molecule is Fc1cc(F)cc(CN(CCCCl)C2CCC2)c1. The highest BCUT2D eigenvalue weighted by atomic mass is 35.5. The topological polar surface area (TPSA) is 3.24 Å². The van der Waals surface area contributed by atoms with Gasteiger partial charge in [-0.05, 0) is 43.5 Å². The minimum atomic E-state index is -0.504. The van der Waals surface area contributed by atoms with Gasteiger partial charge >= 0.3 is 0 Å². The molecule has 100 valence electrons. The van der Waals surface area contributed by atoms with Gasteiger partial charge in [-0.3, -0.25) is 4.90 Å². The first-order valence-corrected chi connectivity index (χ1v) is 6.97. The van der Waals surface area contributed by atoms with Crippen LogP contribution in [0.5, 0.6) is 0 Å². The van der Waals surface area contributed by atoms with Gasteiger partial charge in [-0.2, -0.15) is 0 Å². The lowest BCUT2D eigenvalue weighted by molar-refractivity contribution is 0.119. The molecule has 4 heteroatoms. The molecule has 1 nitrogen and oxygen atoms in total. The molecule has 0 N–H and O–H groups in total. The highest BCUT2D eigenvalue weighted by Gasteiger charge is 2.24. The Bertz CT molecular complexity index is 373. The van der Waals surface area contributed by atoms with E-state index in [-0.39, 0.29) is 0 Å². The van der Waals surface area contributed by atoms with Crippen LogP contribution in [0.25, 0.3) is 0 Å². The van der Waals surface area contributed by atoms with Gasteiger partial charge < -0.3 is 0 Å². The Morgan fingerprint density at radius 3 is 2.33 bits per heavy atom. The molecule has 0 amide bonds. The van der Waals surface area contributed by atoms with E-state index in [0.717, 1.165) is 19.0 Å². The second kappa shape index (κ2) is 6.48. The van der Waals surface area contributed by atoms with Crippen molar-refractivity contribution in [1.29, 1.82) is 0 Å². The fraction of sp³-hybridized carbons (Fsp3) is 0.571. The molecule has 1 saturated carbocycles. The maximum Gasteiger partial charge on any atom is 0.126 e. The lowest BCUT2D eigenvalue weighted by atomic mass is 9.91. The molecule has 1 aliphatic rings. The highest BCUT2D eigenvalue weighted by Crippen LogP contribution is 2.26. The maximum atomic E-state index is 13.1. The number of alkyl halides is 1. The van der Waals surface area contributed by atoms with Gasteiger partial charge in [0.05, 0.1) is 0 Å². The van der Waals surface area contributed by atoms with Crippen molar-refractivity contribution in [1.82, 2.24) is 4.90 Å². The molecule has 2 rings (SSSR count). The summed E-state index contributed by atoms with van der Waals surface area (Å²) < 4.78 is 26.3. The van der Waals surface area contributed by atoms with E-state index >= 15 is 0 Å². The van der Waals surface area contributed by atoms with Crippen LogP contribution in [0.3, 0.4) is 0 Å². The summed E-state index contributed by atoms with van der Waals surface area (Å²) in [6.07, 6.45) is 4.52. The molecule has 1 aromatic carbocycles. The molecule has 0 heterocycles. The third kappa shape index (κ3) is 3.66. The second-order valence-corrected chi connectivity index (χ2v) is 5.25. The number of benzene rings is 1. The third-order valence-corrected chi connectivity index (χ3v) is 3.75. The van der Waals surface area contributed by atoms with Crippen molar-refractivity contribution in [2.24, 2.45) is 0 Å². The van der Waals surface area contributed by atoms with Crippen molar-refractivity contribution in [3.05, 3.63) is 35.4 Å². The van der Waals surface area contributed by atoms with E-state index in [9.17, 15) is 8.78 Å². The van der Waals surface area contributed by atoms with Crippen LogP contribution in [0.1, 0.15) is 31.2 Å². The standard InChI is InChI=1S/C14H18ClF2N/c15-5-2-6-18(14-3-1-4-14)10-11-7-12(16)9-13(17)8-11/h7-9,14H,1-6,10H2. The summed E-state index contributed by atoms with van der Waals surface area (Å²) in [4.78, 5) is 2.29. The van der Waals surface area contributed by atoms with Crippen LogP contribution in [-0.4, -0.2) is 23.4 Å². The Morgan fingerprint density at radius 2 is 1.83 bits per heavy atom. The van der Waals surface area contributed by atoms with Crippen molar-refractivity contribution < 1.29 is 8.78 Å². The van der Waals surface area contributed by atoms with Crippen molar-refractivity contribution in [3.63, 3.8) is 0 Å². The van der Waals surface area contributed by atoms with Gasteiger partial charge in [0.25, 0.3) is 0 Å². The van der Waals surface area contributed by atoms with E-state index in [4.69, 9.17) is 11.6 Å². The van der Waals surface area contributed by atoms with Crippen molar-refractivity contribution in [2.75, 3.05) is 12.4 Å². The van der Waals surface area contributed by atoms with Crippen LogP contribution in [0, 0.1) is 11.6 Å². The minimum absolute atomic E-state index is 0.504. The molecular formula is C14H18ClF2N. The van der Waals surface area contributed by atoms with E-state index < -0.39 is 11.6 Å². The highest BCUT2D eigenvalue weighted by molar-refractivity contribution is 6.17.